The zero-order valence-corrected chi connectivity index (χ0v) is 15.1. The highest BCUT2D eigenvalue weighted by Gasteiger charge is 2.11. The first-order valence-electron chi connectivity index (χ1n) is 7.43. The Balaban J connectivity index is 1.84. The Bertz CT molecular complexity index is 1010. The number of nitrogens with two attached hydrogens (primary N) is 1. The molecule has 0 unspecified atom stereocenters. The summed E-state index contributed by atoms with van der Waals surface area (Å²) >= 11 is 1.61. The molecule has 0 saturated carbocycles. The van der Waals surface area contributed by atoms with E-state index in [1.807, 2.05) is 29.6 Å². The van der Waals surface area contributed by atoms with Gasteiger partial charge in [0.2, 0.25) is 0 Å². The molecule has 0 aliphatic heterocycles. The van der Waals surface area contributed by atoms with Crippen molar-refractivity contribution in [2.75, 3.05) is 17.3 Å². The summed E-state index contributed by atoms with van der Waals surface area (Å²) in [6, 6.07) is 15.7. The van der Waals surface area contributed by atoms with Crippen LogP contribution in [0, 0.1) is 4.78 Å². The Morgan fingerprint density at radius 2 is 1.88 bits per heavy atom. The van der Waals surface area contributed by atoms with Gasteiger partial charge in [0, 0.05) is 21.6 Å². The standard InChI is InChI=1S/C18H17N3O2S2/c1-25(20,23)14-7-4-12(5-8-14)18(22)21-16-11-13(6-9-15(16)19)17-3-2-10-24-17/h2-11,20H,19H2,1H3,(H,21,22)/t25-/m0/s1. The first-order chi connectivity index (χ1) is 11.8. The molecule has 5 nitrogen and oxygen atoms in total. The van der Waals surface area contributed by atoms with Crippen LogP contribution >= 0.6 is 11.3 Å². The monoisotopic (exact) mass is 371 g/mol. The molecule has 3 aromatic rings. The average molecular weight is 371 g/mol. The SMILES string of the molecule is C[S@](=N)(=O)c1ccc(C(=O)Nc2cc(-c3cccs3)ccc2N)cc1. The summed E-state index contributed by atoms with van der Waals surface area (Å²) in [5.41, 5.74) is 8.39. The van der Waals surface area contributed by atoms with Crippen molar-refractivity contribution in [2.24, 2.45) is 0 Å². The normalized spacial score (nSPS) is 13.2. The largest absolute Gasteiger partial charge is 0.397 e. The number of thiophene rings is 1. The predicted molar refractivity (Wildman–Crippen MR) is 104 cm³/mol. The third-order valence-electron chi connectivity index (χ3n) is 3.67. The van der Waals surface area contributed by atoms with Crippen LogP contribution in [0.2, 0.25) is 0 Å². The van der Waals surface area contributed by atoms with Crippen LogP contribution in [0.1, 0.15) is 10.4 Å². The molecule has 1 aromatic heterocycles. The van der Waals surface area contributed by atoms with E-state index in [0.29, 0.717) is 21.8 Å². The van der Waals surface area contributed by atoms with E-state index in [4.69, 9.17) is 10.5 Å². The molecule has 0 saturated heterocycles. The van der Waals surface area contributed by atoms with E-state index in [1.165, 1.54) is 18.4 Å². The third kappa shape index (κ3) is 3.89. The number of amides is 1. The van der Waals surface area contributed by atoms with Gasteiger partial charge in [-0.05, 0) is 53.4 Å². The van der Waals surface area contributed by atoms with Crippen molar-refractivity contribution >= 4 is 38.3 Å². The molecule has 128 valence electrons. The summed E-state index contributed by atoms with van der Waals surface area (Å²) in [6.45, 7) is 0. The molecule has 0 radical (unpaired) electrons. The van der Waals surface area contributed by atoms with Crippen molar-refractivity contribution in [3.63, 3.8) is 0 Å². The lowest BCUT2D eigenvalue weighted by Gasteiger charge is -2.10. The van der Waals surface area contributed by atoms with E-state index in [9.17, 15) is 9.00 Å². The maximum absolute atomic E-state index is 12.4. The Morgan fingerprint density at radius 3 is 2.48 bits per heavy atom. The Labute approximate surface area is 150 Å². The molecule has 25 heavy (non-hydrogen) atoms. The van der Waals surface area contributed by atoms with Crippen LogP contribution in [-0.2, 0) is 9.73 Å². The van der Waals surface area contributed by atoms with Gasteiger partial charge in [-0.15, -0.1) is 11.3 Å². The lowest BCUT2D eigenvalue weighted by molar-refractivity contribution is 0.102. The number of rotatable bonds is 4. The lowest BCUT2D eigenvalue weighted by atomic mass is 10.1. The molecular weight excluding hydrogens is 354 g/mol. The summed E-state index contributed by atoms with van der Waals surface area (Å²) < 4.78 is 19.3. The van der Waals surface area contributed by atoms with Gasteiger partial charge in [-0.25, -0.2) is 8.99 Å². The number of hydrogen-bond acceptors (Lipinski definition) is 5. The van der Waals surface area contributed by atoms with Gasteiger partial charge < -0.3 is 11.1 Å². The fraction of sp³-hybridized carbons (Fsp3) is 0.0556. The number of carbonyl (C=O) groups is 1. The van der Waals surface area contributed by atoms with E-state index in [0.717, 1.165) is 10.4 Å². The first-order valence-corrected chi connectivity index (χ1v) is 10.3. The maximum Gasteiger partial charge on any atom is 0.255 e. The zero-order chi connectivity index (χ0) is 18.0. The molecule has 4 N–H and O–H groups in total. The number of benzene rings is 2. The Morgan fingerprint density at radius 1 is 1.16 bits per heavy atom. The van der Waals surface area contributed by atoms with Crippen molar-refractivity contribution in [3.8, 4) is 10.4 Å². The van der Waals surface area contributed by atoms with Crippen molar-refractivity contribution in [1.29, 1.82) is 4.78 Å². The van der Waals surface area contributed by atoms with Crippen LogP contribution in [-0.4, -0.2) is 16.4 Å². The molecule has 0 fully saturated rings. The summed E-state index contributed by atoms with van der Waals surface area (Å²) in [7, 11) is -2.79. The summed E-state index contributed by atoms with van der Waals surface area (Å²) in [6.07, 6.45) is 1.35. The molecule has 0 spiro atoms. The maximum atomic E-state index is 12.4. The second kappa shape index (κ2) is 6.70. The highest BCUT2D eigenvalue weighted by atomic mass is 32.2. The summed E-state index contributed by atoms with van der Waals surface area (Å²) in [4.78, 5) is 13.9. The molecule has 0 bridgehead atoms. The molecule has 7 heteroatoms. The van der Waals surface area contributed by atoms with Crippen LogP contribution in [0.15, 0.2) is 64.9 Å². The molecule has 3 rings (SSSR count). The number of nitrogen functional groups attached to an aromatic ring is 1. The minimum absolute atomic E-state index is 0.311. The van der Waals surface area contributed by atoms with Gasteiger partial charge in [0.05, 0.1) is 21.1 Å². The molecule has 1 amide bonds. The smallest absolute Gasteiger partial charge is 0.255 e. The van der Waals surface area contributed by atoms with Crippen molar-refractivity contribution < 1.29 is 9.00 Å². The van der Waals surface area contributed by atoms with Crippen LogP contribution < -0.4 is 11.1 Å². The Hall–Kier alpha value is -2.64. The number of hydrogen-bond donors (Lipinski definition) is 3. The van der Waals surface area contributed by atoms with Gasteiger partial charge in [-0.1, -0.05) is 12.1 Å². The molecule has 2 aromatic carbocycles. The second-order valence-corrected chi connectivity index (χ2v) is 8.71. The van der Waals surface area contributed by atoms with Gasteiger partial charge >= 0.3 is 0 Å². The quantitative estimate of drug-likeness (QED) is 0.597. The molecule has 1 atom stereocenters. The number of anilines is 2. The van der Waals surface area contributed by atoms with Crippen molar-refractivity contribution in [1.82, 2.24) is 0 Å². The van der Waals surface area contributed by atoms with Gasteiger partial charge in [0.1, 0.15) is 0 Å². The van der Waals surface area contributed by atoms with Gasteiger partial charge in [0.25, 0.3) is 5.91 Å². The van der Waals surface area contributed by atoms with Crippen molar-refractivity contribution in [2.45, 2.75) is 4.90 Å². The van der Waals surface area contributed by atoms with E-state index < -0.39 is 9.73 Å². The van der Waals surface area contributed by atoms with E-state index >= 15 is 0 Å². The Kier molecular flexibility index (Phi) is 4.61. The second-order valence-electron chi connectivity index (χ2n) is 5.60. The predicted octanol–water partition coefficient (Wildman–Crippen LogP) is 4.29. The van der Waals surface area contributed by atoms with Crippen LogP contribution in [0.3, 0.4) is 0 Å². The molecule has 0 aliphatic rings. The highest BCUT2D eigenvalue weighted by Crippen LogP contribution is 2.30. The van der Waals surface area contributed by atoms with E-state index in [-0.39, 0.29) is 5.91 Å². The van der Waals surface area contributed by atoms with Crippen LogP contribution in [0.4, 0.5) is 11.4 Å². The summed E-state index contributed by atoms with van der Waals surface area (Å²) in [5, 5.41) is 4.80. The first kappa shape index (κ1) is 17.2. The molecular formula is C18H17N3O2S2. The van der Waals surface area contributed by atoms with Gasteiger partial charge in [-0.2, -0.15) is 0 Å². The number of nitrogens with one attached hydrogen (secondary N) is 2. The van der Waals surface area contributed by atoms with E-state index in [2.05, 4.69) is 5.32 Å². The lowest BCUT2D eigenvalue weighted by Crippen LogP contribution is -2.13. The fourth-order valence-corrected chi connectivity index (χ4v) is 3.70. The van der Waals surface area contributed by atoms with Crippen molar-refractivity contribution in [3.05, 3.63) is 65.5 Å². The minimum atomic E-state index is -2.79. The fourth-order valence-electron chi connectivity index (χ4n) is 2.32. The van der Waals surface area contributed by atoms with Crippen LogP contribution in [0.5, 0.6) is 0 Å². The van der Waals surface area contributed by atoms with E-state index in [1.54, 1.807) is 29.5 Å². The highest BCUT2D eigenvalue weighted by molar-refractivity contribution is 7.91. The average Bonchev–Trinajstić information content (AvgIpc) is 3.10. The summed E-state index contributed by atoms with van der Waals surface area (Å²) in [5.74, 6) is -0.311. The molecule has 0 aliphatic carbocycles. The zero-order valence-electron chi connectivity index (χ0n) is 13.5. The third-order valence-corrected chi connectivity index (χ3v) is 5.76. The number of carbonyl (C=O) groups excluding carboxylic acids is 1. The van der Waals surface area contributed by atoms with Crippen LogP contribution in [0.25, 0.3) is 10.4 Å². The van der Waals surface area contributed by atoms with Gasteiger partial charge in [-0.3, -0.25) is 4.79 Å². The van der Waals surface area contributed by atoms with Gasteiger partial charge in [0.15, 0.2) is 0 Å². The minimum Gasteiger partial charge on any atom is -0.397 e. The topological polar surface area (TPSA) is 96.0 Å². The molecule has 1 heterocycles.